The normalized spacial score (nSPS) is 21.6. The van der Waals surface area contributed by atoms with Gasteiger partial charge >= 0.3 is 0 Å². The molecule has 2 unspecified atom stereocenters. The number of benzene rings is 1. The molecule has 0 bridgehead atoms. The van der Waals surface area contributed by atoms with Gasteiger partial charge in [-0.05, 0) is 38.7 Å². The quantitative estimate of drug-likeness (QED) is 0.630. The molecule has 0 aromatic heterocycles. The van der Waals surface area contributed by atoms with Crippen molar-refractivity contribution in [1.82, 2.24) is 20.4 Å². The van der Waals surface area contributed by atoms with Crippen molar-refractivity contribution in [1.29, 1.82) is 0 Å². The average Bonchev–Trinajstić information content (AvgIpc) is 2.56. The number of hydrogen-bond donors (Lipinski definition) is 2. The molecule has 1 aliphatic heterocycles. The van der Waals surface area contributed by atoms with Gasteiger partial charge in [-0.3, -0.25) is 9.89 Å². The van der Waals surface area contributed by atoms with Gasteiger partial charge < -0.3 is 15.5 Å². The fourth-order valence-electron chi connectivity index (χ4n) is 2.80. The third-order valence-corrected chi connectivity index (χ3v) is 5.24. The lowest BCUT2D eigenvalue weighted by molar-refractivity contribution is 0.116. The van der Waals surface area contributed by atoms with Gasteiger partial charge in [-0.15, -0.1) is 0 Å². The van der Waals surface area contributed by atoms with Crippen molar-refractivity contribution in [2.45, 2.75) is 19.0 Å². The van der Waals surface area contributed by atoms with E-state index in [1.165, 1.54) is 0 Å². The third-order valence-electron chi connectivity index (χ3n) is 4.51. The Morgan fingerprint density at radius 3 is 2.71 bits per heavy atom. The predicted molar refractivity (Wildman–Crippen MR) is 103 cm³/mol. The van der Waals surface area contributed by atoms with Crippen LogP contribution in [0, 0.1) is 0 Å². The van der Waals surface area contributed by atoms with E-state index in [2.05, 4.69) is 46.4 Å². The molecule has 1 aliphatic rings. The van der Waals surface area contributed by atoms with Crippen LogP contribution >= 0.6 is 23.2 Å². The summed E-state index contributed by atoms with van der Waals surface area (Å²) in [6.45, 7) is 6.20. The van der Waals surface area contributed by atoms with Crippen LogP contribution in [0.5, 0.6) is 0 Å². The zero-order chi connectivity index (χ0) is 17.7. The van der Waals surface area contributed by atoms with Crippen LogP contribution in [0.1, 0.15) is 18.5 Å². The van der Waals surface area contributed by atoms with Gasteiger partial charge in [0.05, 0.1) is 16.1 Å². The number of aliphatic imine (C=N–C) groups is 1. The van der Waals surface area contributed by atoms with Gasteiger partial charge in [0.25, 0.3) is 0 Å². The first-order valence-electron chi connectivity index (χ1n) is 8.21. The summed E-state index contributed by atoms with van der Waals surface area (Å²) in [6, 6.07) is 6.24. The maximum absolute atomic E-state index is 6.10. The van der Waals surface area contributed by atoms with Crippen LogP contribution in [-0.2, 0) is 0 Å². The van der Waals surface area contributed by atoms with Crippen LogP contribution in [-0.4, -0.2) is 69.1 Å². The minimum Gasteiger partial charge on any atom is -0.355 e. The molecule has 1 heterocycles. The largest absolute Gasteiger partial charge is 0.355 e. The zero-order valence-corrected chi connectivity index (χ0v) is 16.3. The Balaban J connectivity index is 1.90. The molecule has 24 heavy (non-hydrogen) atoms. The van der Waals surface area contributed by atoms with Gasteiger partial charge in [-0.2, -0.15) is 0 Å². The topological polar surface area (TPSA) is 42.9 Å². The van der Waals surface area contributed by atoms with Crippen molar-refractivity contribution >= 4 is 29.2 Å². The second kappa shape index (κ2) is 8.90. The highest BCUT2D eigenvalue weighted by atomic mass is 35.5. The number of hydrogen-bond acceptors (Lipinski definition) is 3. The molecule has 0 amide bonds. The lowest BCUT2D eigenvalue weighted by Crippen LogP contribution is -2.55. The molecule has 1 fully saturated rings. The smallest absolute Gasteiger partial charge is 0.191 e. The molecule has 1 saturated heterocycles. The molecule has 1 aromatic carbocycles. The number of halogens is 2. The van der Waals surface area contributed by atoms with Crippen LogP contribution in [0.25, 0.3) is 0 Å². The monoisotopic (exact) mass is 371 g/mol. The number of rotatable bonds is 4. The first-order valence-corrected chi connectivity index (χ1v) is 8.97. The number of piperazine rings is 1. The number of nitrogens with one attached hydrogen (secondary N) is 2. The van der Waals surface area contributed by atoms with Crippen LogP contribution < -0.4 is 10.6 Å². The summed E-state index contributed by atoms with van der Waals surface area (Å²) in [4.78, 5) is 9.08. The van der Waals surface area contributed by atoms with Gasteiger partial charge in [-0.1, -0.05) is 29.3 Å². The van der Waals surface area contributed by atoms with E-state index < -0.39 is 0 Å². The molecule has 0 saturated carbocycles. The average molecular weight is 372 g/mol. The number of nitrogens with zero attached hydrogens (tertiary/aromatic N) is 3. The maximum atomic E-state index is 6.10. The standard InChI is InChI=1S/C17H27Cl2N5/c1-12(13-5-6-15(18)16(19)9-13)22-17(20-2)21-10-14-11-23(3)7-8-24(14)4/h5-6,9,12,14H,7-8,10-11H2,1-4H3,(H2,20,21,22). The molecule has 5 nitrogen and oxygen atoms in total. The van der Waals surface area contributed by atoms with E-state index in [0.717, 1.165) is 37.7 Å². The summed E-state index contributed by atoms with van der Waals surface area (Å²) < 4.78 is 0. The Labute approximate surface area is 155 Å². The van der Waals surface area contributed by atoms with Crippen LogP contribution in [0.15, 0.2) is 23.2 Å². The fourth-order valence-corrected chi connectivity index (χ4v) is 3.11. The molecule has 1 aromatic rings. The molecule has 2 N–H and O–H groups in total. The van der Waals surface area contributed by atoms with Crippen LogP contribution in [0.4, 0.5) is 0 Å². The highest BCUT2D eigenvalue weighted by Crippen LogP contribution is 2.25. The molecule has 0 radical (unpaired) electrons. The van der Waals surface area contributed by atoms with Gasteiger partial charge in [-0.25, -0.2) is 0 Å². The third kappa shape index (κ3) is 5.24. The molecular weight excluding hydrogens is 345 g/mol. The number of likely N-dealkylation sites (N-methyl/N-ethyl adjacent to an activating group) is 2. The Morgan fingerprint density at radius 1 is 1.29 bits per heavy atom. The summed E-state index contributed by atoms with van der Waals surface area (Å²) in [5.41, 5.74) is 1.07. The Morgan fingerprint density at radius 2 is 2.04 bits per heavy atom. The highest BCUT2D eigenvalue weighted by Gasteiger charge is 2.22. The molecule has 2 atom stereocenters. The summed E-state index contributed by atoms with van der Waals surface area (Å²) in [5, 5.41) is 7.96. The van der Waals surface area contributed by atoms with E-state index in [1.54, 1.807) is 7.05 Å². The van der Waals surface area contributed by atoms with Gasteiger partial charge in [0.15, 0.2) is 5.96 Å². The molecule has 134 valence electrons. The van der Waals surface area contributed by atoms with Crippen molar-refractivity contribution in [2.75, 3.05) is 47.3 Å². The predicted octanol–water partition coefficient (Wildman–Crippen LogP) is 2.47. The molecule has 0 spiro atoms. The SMILES string of the molecule is CN=C(NCC1CN(C)CCN1C)NC(C)c1ccc(Cl)c(Cl)c1. The lowest BCUT2D eigenvalue weighted by Gasteiger charge is -2.38. The van der Waals surface area contributed by atoms with E-state index in [9.17, 15) is 0 Å². The Hall–Kier alpha value is -1.01. The minimum absolute atomic E-state index is 0.0812. The van der Waals surface area contributed by atoms with E-state index >= 15 is 0 Å². The highest BCUT2D eigenvalue weighted by molar-refractivity contribution is 6.42. The van der Waals surface area contributed by atoms with Crippen molar-refractivity contribution in [2.24, 2.45) is 4.99 Å². The Bertz CT molecular complexity index is 578. The van der Waals surface area contributed by atoms with Gasteiger partial charge in [0, 0.05) is 39.3 Å². The van der Waals surface area contributed by atoms with E-state index in [-0.39, 0.29) is 6.04 Å². The zero-order valence-electron chi connectivity index (χ0n) is 14.8. The van der Waals surface area contributed by atoms with Crippen LogP contribution in [0.2, 0.25) is 10.0 Å². The Kier molecular flexibility index (Phi) is 7.16. The molecular formula is C17H27Cl2N5. The summed E-state index contributed by atoms with van der Waals surface area (Å²) in [7, 11) is 6.13. The van der Waals surface area contributed by atoms with Gasteiger partial charge in [0.2, 0.25) is 0 Å². The lowest BCUT2D eigenvalue weighted by atomic mass is 10.1. The summed E-state index contributed by atoms with van der Waals surface area (Å²) in [5.74, 6) is 0.787. The van der Waals surface area contributed by atoms with E-state index in [1.807, 2.05) is 18.2 Å². The van der Waals surface area contributed by atoms with E-state index in [0.29, 0.717) is 16.1 Å². The van der Waals surface area contributed by atoms with Crippen molar-refractivity contribution < 1.29 is 0 Å². The maximum Gasteiger partial charge on any atom is 0.191 e. The fraction of sp³-hybridized carbons (Fsp3) is 0.588. The molecule has 2 rings (SSSR count). The van der Waals surface area contributed by atoms with Gasteiger partial charge in [0.1, 0.15) is 0 Å². The minimum atomic E-state index is 0.0812. The summed E-state index contributed by atoms with van der Waals surface area (Å²) >= 11 is 12.1. The molecule has 0 aliphatic carbocycles. The first kappa shape index (κ1) is 19.3. The van der Waals surface area contributed by atoms with E-state index in [4.69, 9.17) is 23.2 Å². The molecule has 7 heteroatoms. The van der Waals surface area contributed by atoms with Crippen molar-refractivity contribution in [3.8, 4) is 0 Å². The first-order chi connectivity index (χ1) is 11.4. The van der Waals surface area contributed by atoms with Crippen molar-refractivity contribution in [3.05, 3.63) is 33.8 Å². The van der Waals surface area contributed by atoms with Crippen molar-refractivity contribution in [3.63, 3.8) is 0 Å². The summed E-state index contributed by atoms with van der Waals surface area (Å²) in [6.07, 6.45) is 0. The number of guanidine groups is 1. The second-order valence-electron chi connectivity index (χ2n) is 6.39. The van der Waals surface area contributed by atoms with Crippen LogP contribution in [0.3, 0.4) is 0 Å². The second-order valence-corrected chi connectivity index (χ2v) is 7.20.